The Bertz CT molecular complexity index is 1070. The van der Waals surface area contributed by atoms with Crippen LogP contribution in [-0.2, 0) is 22.7 Å². The van der Waals surface area contributed by atoms with Gasteiger partial charge in [0.2, 0.25) is 11.8 Å². The number of hydrogen-bond donors (Lipinski definition) is 0. The van der Waals surface area contributed by atoms with E-state index in [4.69, 9.17) is 4.98 Å². The third-order valence-corrected chi connectivity index (χ3v) is 6.23. The summed E-state index contributed by atoms with van der Waals surface area (Å²) in [6.07, 6.45) is 2.59. The lowest BCUT2D eigenvalue weighted by Crippen LogP contribution is -2.32. The fourth-order valence-corrected chi connectivity index (χ4v) is 4.68. The molecule has 1 atom stereocenters. The van der Waals surface area contributed by atoms with Crippen LogP contribution in [0.2, 0.25) is 0 Å². The van der Waals surface area contributed by atoms with Crippen LogP contribution < -0.4 is 0 Å². The van der Waals surface area contributed by atoms with Crippen molar-refractivity contribution in [1.29, 1.82) is 0 Å². The number of carbonyl (C=O) groups excluding carboxylic acids is 2. The number of amides is 2. The number of likely N-dealkylation sites (tertiary alicyclic amines) is 2. The van der Waals surface area contributed by atoms with E-state index >= 15 is 0 Å². The predicted molar refractivity (Wildman–Crippen MR) is 115 cm³/mol. The SMILES string of the molecule is O=C(Cn1c(C2CC(=O)N(Cc3ccccc3)C2)nc2ccccc21)N1CCCC1. The highest BCUT2D eigenvalue weighted by atomic mass is 16.2. The molecule has 5 rings (SSSR count). The zero-order valence-corrected chi connectivity index (χ0v) is 17.0. The van der Waals surface area contributed by atoms with Crippen LogP contribution in [0, 0.1) is 0 Å². The Kier molecular flexibility index (Phi) is 4.99. The number of nitrogens with zero attached hydrogens (tertiary/aromatic N) is 4. The van der Waals surface area contributed by atoms with Crippen LogP contribution >= 0.6 is 0 Å². The fourth-order valence-electron chi connectivity index (χ4n) is 4.68. The van der Waals surface area contributed by atoms with E-state index < -0.39 is 0 Å². The Morgan fingerprint density at radius 1 is 1.00 bits per heavy atom. The number of para-hydroxylation sites is 2. The quantitative estimate of drug-likeness (QED) is 0.659. The van der Waals surface area contributed by atoms with Gasteiger partial charge < -0.3 is 14.4 Å². The third kappa shape index (κ3) is 3.58. The maximum Gasteiger partial charge on any atom is 0.242 e. The van der Waals surface area contributed by atoms with E-state index in [1.165, 1.54) is 0 Å². The summed E-state index contributed by atoms with van der Waals surface area (Å²) in [7, 11) is 0. The Balaban J connectivity index is 1.42. The summed E-state index contributed by atoms with van der Waals surface area (Å²) in [6.45, 7) is 3.22. The molecule has 1 aromatic heterocycles. The maximum absolute atomic E-state index is 12.9. The summed E-state index contributed by atoms with van der Waals surface area (Å²) in [5, 5.41) is 0. The van der Waals surface area contributed by atoms with Gasteiger partial charge >= 0.3 is 0 Å². The molecule has 1 unspecified atom stereocenters. The standard InChI is InChI=1S/C24H26N4O2/c29-22-14-19(16-27(22)15-18-8-2-1-3-9-18)24-25-20-10-4-5-11-21(20)28(24)17-23(30)26-12-6-7-13-26/h1-5,8-11,19H,6-7,12-17H2. The van der Waals surface area contributed by atoms with E-state index in [0.29, 0.717) is 26.1 Å². The molecule has 30 heavy (non-hydrogen) atoms. The highest BCUT2D eigenvalue weighted by Crippen LogP contribution is 2.31. The van der Waals surface area contributed by atoms with Crippen molar-refractivity contribution in [3.8, 4) is 0 Å². The molecule has 2 aromatic carbocycles. The smallest absolute Gasteiger partial charge is 0.242 e. The van der Waals surface area contributed by atoms with Crippen LogP contribution in [0.15, 0.2) is 54.6 Å². The molecule has 0 radical (unpaired) electrons. The molecule has 2 fully saturated rings. The normalized spacial score (nSPS) is 19.2. The van der Waals surface area contributed by atoms with Crippen molar-refractivity contribution in [2.75, 3.05) is 19.6 Å². The van der Waals surface area contributed by atoms with Gasteiger partial charge in [-0.2, -0.15) is 0 Å². The summed E-state index contributed by atoms with van der Waals surface area (Å²) in [4.78, 5) is 34.3. The second-order valence-electron chi connectivity index (χ2n) is 8.29. The minimum absolute atomic E-state index is 0.00000898. The highest BCUT2D eigenvalue weighted by Gasteiger charge is 2.34. The molecular formula is C24H26N4O2. The third-order valence-electron chi connectivity index (χ3n) is 6.23. The van der Waals surface area contributed by atoms with Gasteiger partial charge in [0.15, 0.2) is 0 Å². The number of benzene rings is 2. The van der Waals surface area contributed by atoms with Crippen LogP contribution in [0.5, 0.6) is 0 Å². The first-order valence-electron chi connectivity index (χ1n) is 10.7. The molecule has 2 aliphatic rings. The molecule has 154 valence electrons. The summed E-state index contributed by atoms with van der Waals surface area (Å²) in [5.74, 6) is 1.14. The van der Waals surface area contributed by atoms with Crippen molar-refractivity contribution in [3.05, 3.63) is 66.0 Å². The number of imidazole rings is 1. The number of hydrogen-bond acceptors (Lipinski definition) is 3. The summed E-state index contributed by atoms with van der Waals surface area (Å²) >= 11 is 0. The number of aromatic nitrogens is 2. The molecule has 0 N–H and O–H groups in total. The van der Waals surface area contributed by atoms with E-state index in [1.807, 2.05) is 69.0 Å². The Labute approximate surface area is 176 Å². The second-order valence-corrected chi connectivity index (χ2v) is 8.29. The maximum atomic E-state index is 12.9. The van der Waals surface area contributed by atoms with Gasteiger partial charge in [-0.05, 0) is 30.5 Å². The van der Waals surface area contributed by atoms with Crippen molar-refractivity contribution in [2.45, 2.75) is 38.3 Å². The average Bonchev–Trinajstić information content (AvgIpc) is 3.49. The molecule has 2 aliphatic heterocycles. The van der Waals surface area contributed by atoms with E-state index in [9.17, 15) is 9.59 Å². The fraction of sp³-hybridized carbons (Fsp3) is 0.375. The van der Waals surface area contributed by atoms with Crippen molar-refractivity contribution >= 4 is 22.8 Å². The van der Waals surface area contributed by atoms with Crippen LogP contribution in [0.4, 0.5) is 0 Å². The lowest BCUT2D eigenvalue weighted by atomic mass is 10.1. The molecule has 0 spiro atoms. The largest absolute Gasteiger partial charge is 0.341 e. The van der Waals surface area contributed by atoms with E-state index in [-0.39, 0.29) is 17.7 Å². The minimum Gasteiger partial charge on any atom is -0.341 e. The minimum atomic E-state index is -0.00000898. The van der Waals surface area contributed by atoms with E-state index in [2.05, 4.69) is 0 Å². The lowest BCUT2D eigenvalue weighted by Gasteiger charge is -2.19. The van der Waals surface area contributed by atoms with Crippen LogP contribution in [0.1, 0.15) is 36.6 Å². The van der Waals surface area contributed by atoms with Crippen molar-refractivity contribution in [1.82, 2.24) is 19.4 Å². The Morgan fingerprint density at radius 2 is 1.73 bits per heavy atom. The zero-order chi connectivity index (χ0) is 20.5. The summed E-state index contributed by atoms with van der Waals surface area (Å²) in [6, 6.07) is 18.0. The van der Waals surface area contributed by atoms with Gasteiger partial charge in [0.05, 0.1) is 11.0 Å². The van der Waals surface area contributed by atoms with E-state index in [1.54, 1.807) is 0 Å². The topological polar surface area (TPSA) is 58.4 Å². The molecule has 6 nitrogen and oxygen atoms in total. The predicted octanol–water partition coefficient (Wildman–Crippen LogP) is 3.17. The average molecular weight is 402 g/mol. The van der Waals surface area contributed by atoms with Crippen molar-refractivity contribution < 1.29 is 9.59 Å². The monoisotopic (exact) mass is 402 g/mol. The molecule has 0 saturated carbocycles. The first-order valence-corrected chi connectivity index (χ1v) is 10.7. The highest BCUT2D eigenvalue weighted by molar-refractivity contribution is 5.83. The van der Waals surface area contributed by atoms with Gasteiger partial charge in [0, 0.05) is 38.5 Å². The molecule has 3 heterocycles. The molecule has 2 amide bonds. The zero-order valence-electron chi connectivity index (χ0n) is 17.0. The van der Waals surface area contributed by atoms with Gasteiger partial charge in [-0.3, -0.25) is 9.59 Å². The first-order chi connectivity index (χ1) is 14.7. The van der Waals surface area contributed by atoms with Gasteiger partial charge in [0.25, 0.3) is 0 Å². The second kappa shape index (κ2) is 7.94. The van der Waals surface area contributed by atoms with Crippen molar-refractivity contribution in [2.24, 2.45) is 0 Å². The molecular weight excluding hydrogens is 376 g/mol. The van der Waals surface area contributed by atoms with Gasteiger partial charge in [0.1, 0.15) is 12.4 Å². The van der Waals surface area contributed by atoms with Crippen molar-refractivity contribution in [3.63, 3.8) is 0 Å². The molecule has 6 heteroatoms. The Morgan fingerprint density at radius 3 is 2.53 bits per heavy atom. The molecule has 2 saturated heterocycles. The van der Waals surface area contributed by atoms with Gasteiger partial charge in [-0.25, -0.2) is 4.98 Å². The van der Waals surface area contributed by atoms with Gasteiger partial charge in [-0.1, -0.05) is 42.5 Å². The number of rotatable bonds is 5. The van der Waals surface area contributed by atoms with E-state index in [0.717, 1.165) is 48.4 Å². The summed E-state index contributed by atoms with van der Waals surface area (Å²) < 4.78 is 2.04. The molecule has 3 aromatic rings. The van der Waals surface area contributed by atoms with Crippen LogP contribution in [0.25, 0.3) is 11.0 Å². The molecule has 0 bridgehead atoms. The van der Waals surface area contributed by atoms with Gasteiger partial charge in [-0.15, -0.1) is 0 Å². The number of fused-ring (bicyclic) bond motifs is 1. The lowest BCUT2D eigenvalue weighted by molar-refractivity contribution is -0.130. The first kappa shape index (κ1) is 18.9. The molecule has 0 aliphatic carbocycles. The number of carbonyl (C=O) groups is 2. The summed E-state index contributed by atoms with van der Waals surface area (Å²) in [5.41, 5.74) is 2.98. The van der Waals surface area contributed by atoms with Crippen LogP contribution in [0.3, 0.4) is 0 Å². The Hall–Kier alpha value is -3.15. The van der Waals surface area contributed by atoms with Crippen LogP contribution in [-0.4, -0.2) is 50.8 Å².